The molecular formula is C28H46N2O5. The van der Waals surface area contributed by atoms with Crippen molar-refractivity contribution in [3.63, 3.8) is 0 Å². The molecule has 5 N–H and O–H groups in total. The summed E-state index contributed by atoms with van der Waals surface area (Å²) in [5.41, 5.74) is 6.43. The molecule has 35 heavy (non-hydrogen) atoms. The predicted octanol–water partition coefficient (Wildman–Crippen LogP) is 4.43. The second kappa shape index (κ2) is 10.0. The van der Waals surface area contributed by atoms with Crippen molar-refractivity contribution in [3.05, 3.63) is 0 Å². The lowest BCUT2D eigenvalue weighted by Crippen LogP contribution is -2.56. The average Bonchev–Trinajstić information content (AvgIpc) is 3.14. The van der Waals surface area contributed by atoms with E-state index in [0.717, 1.165) is 43.4 Å². The molecule has 10 atom stereocenters. The molecule has 4 aliphatic carbocycles. The number of aliphatic carboxylic acids is 2. The number of nitrogens with one attached hydrogen (secondary N) is 1. The monoisotopic (exact) mass is 490 g/mol. The number of rotatable bonds is 8. The minimum Gasteiger partial charge on any atom is -0.481 e. The quantitative estimate of drug-likeness (QED) is 0.398. The Balaban J connectivity index is 1.40. The number of carbonyl (C=O) groups is 3. The maximum atomic E-state index is 12.4. The fraction of sp³-hybridized carbons (Fsp3) is 0.893. The number of carboxylic acid groups (broad SMARTS) is 2. The molecule has 1 amide bonds. The van der Waals surface area contributed by atoms with Crippen LogP contribution in [0.2, 0.25) is 0 Å². The lowest BCUT2D eigenvalue weighted by atomic mass is 9.44. The van der Waals surface area contributed by atoms with Crippen molar-refractivity contribution in [1.82, 2.24) is 5.32 Å². The van der Waals surface area contributed by atoms with Crippen molar-refractivity contribution in [2.45, 2.75) is 110 Å². The normalized spacial score (nSPS) is 42.2. The summed E-state index contributed by atoms with van der Waals surface area (Å²) < 4.78 is 0. The molecule has 198 valence electrons. The van der Waals surface area contributed by atoms with Gasteiger partial charge in [-0.25, -0.2) is 0 Å². The fourth-order valence-corrected chi connectivity index (χ4v) is 9.51. The zero-order valence-electron chi connectivity index (χ0n) is 21.8. The van der Waals surface area contributed by atoms with Gasteiger partial charge in [-0.05, 0) is 111 Å². The smallest absolute Gasteiger partial charge is 0.305 e. The number of hydrogen-bond donors (Lipinski definition) is 4. The minimum atomic E-state index is -1.04. The van der Waals surface area contributed by atoms with E-state index < -0.39 is 18.0 Å². The highest BCUT2D eigenvalue weighted by Crippen LogP contribution is 2.68. The highest BCUT2D eigenvalue weighted by molar-refractivity contribution is 5.86. The first kappa shape index (κ1) is 26.4. The van der Waals surface area contributed by atoms with E-state index in [1.54, 1.807) is 0 Å². The summed E-state index contributed by atoms with van der Waals surface area (Å²) in [5, 5.41) is 21.2. The standard InChI is InChI=1S/C28H46N2O5/c1-16(4-9-24(31)32)20-7-8-21-19-6-5-17-14-18(30-26(35)23(29)15-25(33)34)10-12-27(17,2)22(19)11-13-28(20,21)3/h16-23H,4-15,29H2,1-3H3,(H,30,35)(H,31,32)(H,33,34)/t16-,17-,18-,19+,20?,21+,22+,23+,27+,28-/m1/s1. The summed E-state index contributed by atoms with van der Waals surface area (Å²) in [6.07, 6.45) is 11.3. The van der Waals surface area contributed by atoms with Gasteiger partial charge in [0.25, 0.3) is 0 Å². The van der Waals surface area contributed by atoms with Crippen LogP contribution in [0.4, 0.5) is 0 Å². The van der Waals surface area contributed by atoms with Gasteiger partial charge in [0.05, 0.1) is 12.5 Å². The van der Waals surface area contributed by atoms with Crippen LogP contribution in [0, 0.1) is 46.3 Å². The Morgan fingerprint density at radius 2 is 1.63 bits per heavy atom. The van der Waals surface area contributed by atoms with E-state index in [1.165, 1.54) is 38.5 Å². The van der Waals surface area contributed by atoms with Crippen LogP contribution in [0.3, 0.4) is 0 Å². The Hall–Kier alpha value is -1.63. The van der Waals surface area contributed by atoms with E-state index in [-0.39, 0.29) is 24.8 Å². The first-order valence-corrected chi connectivity index (χ1v) is 13.9. The molecule has 0 aromatic heterocycles. The number of fused-ring (bicyclic) bond motifs is 5. The van der Waals surface area contributed by atoms with Crippen molar-refractivity contribution in [3.8, 4) is 0 Å². The van der Waals surface area contributed by atoms with E-state index >= 15 is 0 Å². The molecule has 7 heteroatoms. The van der Waals surface area contributed by atoms with Crippen LogP contribution in [0.5, 0.6) is 0 Å². The van der Waals surface area contributed by atoms with Crippen LogP contribution in [0.15, 0.2) is 0 Å². The van der Waals surface area contributed by atoms with Gasteiger partial charge in [-0.15, -0.1) is 0 Å². The molecule has 0 aromatic carbocycles. The minimum absolute atomic E-state index is 0.0942. The van der Waals surface area contributed by atoms with Crippen LogP contribution in [0.1, 0.15) is 97.8 Å². The number of carboxylic acids is 2. The van der Waals surface area contributed by atoms with E-state index in [9.17, 15) is 19.5 Å². The lowest BCUT2D eigenvalue weighted by Gasteiger charge is -2.61. The molecule has 4 saturated carbocycles. The molecule has 0 bridgehead atoms. The fourth-order valence-electron chi connectivity index (χ4n) is 9.51. The van der Waals surface area contributed by atoms with E-state index in [4.69, 9.17) is 10.8 Å². The molecule has 0 spiro atoms. The van der Waals surface area contributed by atoms with Crippen LogP contribution >= 0.6 is 0 Å². The Kier molecular flexibility index (Phi) is 7.57. The average molecular weight is 491 g/mol. The number of nitrogens with two attached hydrogens (primary N) is 1. The molecule has 4 aliphatic rings. The Bertz CT molecular complexity index is 832. The number of carbonyl (C=O) groups excluding carboxylic acids is 1. The highest BCUT2D eigenvalue weighted by Gasteiger charge is 2.60. The molecule has 7 nitrogen and oxygen atoms in total. The van der Waals surface area contributed by atoms with Crippen molar-refractivity contribution >= 4 is 17.8 Å². The van der Waals surface area contributed by atoms with Gasteiger partial charge in [-0.1, -0.05) is 20.8 Å². The third-order valence-corrected chi connectivity index (χ3v) is 11.3. The molecule has 0 aromatic rings. The largest absolute Gasteiger partial charge is 0.481 e. The molecular weight excluding hydrogens is 444 g/mol. The van der Waals surface area contributed by atoms with Gasteiger partial charge in [0.15, 0.2) is 0 Å². The third kappa shape index (κ3) is 4.99. The lowest BCUT2D eigenvalue weighted by molar-refractivity contribution is -0.140. The van der Waals surface area contributed by atoms with Crippen LogP contribution in [0.25, 0.3) is 0 Å². The van der Waals surface area contributed by atoms with E-state index in [1.807, 2.05) is 0 Å². The van der Waals surface area contributed by atoms with Gasteiger partial charge in [0.1, 0.15) is 0 Å². The van der Waals surface area contributed by atoms with E-state index in [0.29, 0.717) is 28.6 Å². The Labute approximate surface area is 210 Å². The Morgan fingerprint density at radius 1 is 0.943 bits per heavy atom. The van der Waals surface area contributed by atoms with Gasteiger partial charge in [-0.3, -0.25) is 14.4 Å². The SMILES string of the molecule is C[C@H](CCC(=O)O)C1CC[C@H]2[C@@H]3CC[C@@H]4C[C@H](NC(=O)[C@@H](N)CC(=O)O)CC[C@]4(C)[C@H]3CC[C@]12C. The molecule has 0 aliphatic heterocycles. The second-order valence-electron chi connectivity index (χ2n) is 13.0. The van der Waals surface area contributed by atoms with Crippen LogP contribution in [-0.2, 0) is 14.4 Å². The summed E-state index contributed by atoms with van der Waals surface area (Å²) in [4.78, 5) is 34.5. The molecule has 0 heterocycles. The van der Waals surface area contributed by atoms with Gasteiger partial charge in [-0.2, -0.15) is 0 Å². The van der Waals surface area contributed by atoms with Crippen LogP contribution < -0.4 is 11.1 Å². The molecule has 4 rings (SSSR count). The van der Waals surface area contributed by atoms with Gasteiger partial charge < -0.3 is 21.3 Å². The molecule has 1 unspecified atom stereocenters. The van der Waals surface area contributed by atoms with Crippen molar-refractivity contribution in [2.24, 2.45) is 52.1 Å². The summed E-state index contributed by atoms with van der Waals surface area (Å²) in [7, 11) is 0. The number of amides is 1. The van der Waals surface area contributed by atoms with Gasteiger partial charge in [0.2, 0.25) is 5.91 Å². The third-order valence-electron chi connectivity index (χ3n) is 11.3. The Morgan fingerprint density at radius 3 is 2.31 bits per heavy atom. The first-order chi connectivity index (χ1) is 16.5. The second-order valence-corrected chi connectivity index (χ2v) is 13.0. The molecule has 0 saturated heterocycles. The first-order valence-electron chi connectivity index (χ1n) is 13.9. The van der Waals surface area contributed by atoms with Crippen molar-refractivity contribution in [2.75, 3.05) is 0 Å². The highest BCUT2D eigenvalue weighted by atomic mass is 16.4. The predicted molar refractivity (Wildman–Crippen MR) is 133 cm³/mol. The summed E-state index contributed by atoms with van der Waals surface area (Å²) in [5.74, 6) is 1.89. The summed E-state index contributed by atoms with van der Waals surface area (Å²) in [6.45, 7) is 7.31. The van der Waals surface area contributed by atoms with E-state index in [2.05, 4.69) is 26.1 Å². The van der Waals surface area contributed by atoms with Crippen molar-refractivity contribution in [1.29, 1.82) is 0 Å². The zero-order valence-corrected chi connectivity index (χ0v) is 21.8. The number of hydrogen-bond acceptors (Lipinski definition) is 4. The maximum absolute atomic E-state index is 12.4. The van der Waals surface area contributed by atoms with Gasteiger partial charge >= 0.3 is 11.9 Å². The van der Waals surface area contributed by atoms with Crippen molar-refractivity contribution < 1.29 is 24.6 Å². The zero-order chi connectivity index (χ0) is 25.5. The topological polar surface area (TPSA) is 130 Å². The molecule has 0 radical (unpaired) electrons. The van der Waals surface area contributed by atoms with Gasteiger partial charge in [0, 0.05) is 12.5 Å². The molecule has 4 fully saturated rings. The van der Waals surface area contributed by atoms with Crippen LogP contribution in [-0.4, -0.2) is 40.1 Å². The maximum Gasteiger partial charge on any atom is 0.305 e. The summed E-state index contributed by atoms with van der Waals surface area (Å²) >= 11 is 0. The summed E-state index contributed by atoms with van der Waals surface area (Å²) in [6, 6.07) is -0.891.